The average molecular weight is 411 g/mol. The second-order valence-electron chi connectivity index (χ2n) is 6.37. The molecule has 0 saturated carbocycles. The number of hydrogen-bond donors (Lipinski definition) is 2. The van der Waals surface area contributed by atoms with Gasteiger partial charge in [0.2, 0.25) is 0 Å². The number of benzene rings is 1. The summed E-state index contributed by atoms with van der Waals surface area (Å²) in [5, 5.41) is 13.9. The van der Waals surface area contributed by atoms with E-state index in [0.29, 0.717) is 35.9 Å². The fourth-order valence-electron chi connectivity index (χ4n) is 2.88. The molecule has 1 unspecified atom stereocenters. The summed E-state index contributed by atoms with van der Waals surface area (Å²) < 4.78 is 32.4. The van der Waals surface area contributed by atoms with Crippen LogP contribution in [-0.2, 0) is 14.8 Å². The minimum Gasteiger partial charge on any atom is -0.508 e. The SMILES string of the molecule is CC(Oc1ccc(O)cc1)C(=O)NC1CCN(S(=O)(=O)c2cccs2)CC1. The van der Waals surface area contributed by atoms with Gasteiger partial charge in [0.05, 0.1) is 0 Å². The maximum absolute atomic E-state index is 12.5. The molecule has 1 aromatic heterocycles. The molecule has 0 radical (unpaired) electrons. The van der Waals surface area contributed by atoms with E-state index in [1.807, 2.05) is 0 Å². The van der Waals surface area contributed by atoms with E-state index in [0.717, 1.165) is 0 Å². The highest BCUT2D eigenvalue weighted by molar-refractivity contribution is 7.91. The van der Waals surface area contributed by atoms with Gasteiger partial charge < -0.3 is 15.2 Å². The van der Waals surface area contributed by atoms with E-state index >= 15 is 0 Å². The standard InChI is InChI=1S/C18H22N2O5S2/c1-13(25-16-6-4-15(21)5-7-16)18(22)19-14-8-10-20(11-9-14)27(23,24)17-3-2-12-26-17/h2-7,12-14,21H,8-11H2,1H3,(H,19,22). The zero-order chi connectivity index (χ0) is 19.4. The summed E-state index contributed by atoms with van der Waals surface area (Å²) in [5.41, 5.74) is 0. The highest BCUT2D eigenvalue weighted by atomic mass is 32.2. The number of phenolic OH excluding ortho intramolecular Hbond substituents is 1. The third-order valence-electron chi connectivity index (χ3n) is 4.41. The Kier molecular flexibility index (Phi) is 6.03. The first-order chi connectivity index (χ1) is 12.9. The zero-order valence-electron chi connectivity index (χ0n) is 14.9. The fourth-order valence-corrected chi connectivity index (χ4v) is 5.49. The number of sulfonamides is 1. The van der Waals surface area contributed by atoms with Crippen molar-refractivity contribution in [2.24, 2.45) is 0 Å². The van der Waals surface area contributed by atoms with Gasteiger partial charge in [0, 0.05) is 19.1 Å². The maximum Gasteiger partial charge on any atom is 0.260 e. The van der Waals surface area contributed by atoms with Crippen LogP contribution >= 0.6 is 11.3 Å². The van der Waals surface area contributed by atoms with Gasteiger partial charge in [-0.3, -0.25) is 4.79 Å². The number of amides is 1. The normalized spacial score (nSPS) is 17.4. The van der Waals surface area contributed by atoms with Crippen molar-refractivity contribution >= 4 is 27.3 Å². The first-order valence-corrected chi connectivity index (χ1v) is 11.0. The van der Waals surface area contributed by atoms with Crippen molar-refractivity contribution in [3.63, 3.8) is 0 Å². The molecule has 1 atom stereocenters. The molecular weight excluding hydrogens is 388 g/mol. The predicted octanol–water partition coefficient (Wildman–Crippen LogP) is 2.19. The number of carbonyl (C=O) groups is 1. The van der Waals surface area contributed by atoms with Gasteiger partial charge in [-0.15, -0.1) is 11.3 Å². The Hall–Kier alpha value is -2.10. The smallest absolute Gasteiger partial charge is 0.260 e. The van der Waals surface area contributed by atoms with Gasteiger partial charge in [-0.25, -0.2) is 8.42 Å². The quantitative estimate of drug-likeness (QED) is 0.761. The number of phenols is 1. The topological polar surface area (TPSA) is 95.9 Å². The molecule has 3 rings (SSSR count). The molecule has 1 aromatic carbocycles. The van der Waals surface area contributed by atoms with E-state index in [1.54, 1.807) is 36.6 Å². The number of hydrogen-bond acceptors (Lipinski definition) is 6. The molecule has 2 N–H and O–H groups in total. The Bertz CT molecular complexity index is 858. The van der Waals surface area contributed by atoms with E-state index in [4.69, 9.17) is 4.74 Å². The number of aromatic hydroxyl groups is 1. The van der Waals surface area contributed by atoms with E-state index in [2.05, 4.69) is 5.32 Å². The van der Waals surface area contributed by atoms with Crippen LogP contribution in [0.4, 0.5) is 0 Å². The van der Waals surface area contributed by atoms with Crippen LogP contribution in [0.5, 0.6) is 11.5 Å². The van der Waals surface area contributed by atoms with E-state index in [9.17, 15) is 18.3 Å². The molecule has 146 valence electrons. The molecule has 0 aliphatic carbocycles. The molecule has 1 amide bonds. The Morgan fingerprint density at radius 1 is 1.26 bits per heavy atom. The fraction of sp³-hybridized carbons (Fsp3) is 0.389. The minimum atomic E-state index is -3.44. The lowest BCUT2D eigenvalue weighted by molar-refractivity contribution is -0.128. The van der Waals surface area contributed by atoms with Crippen molar-refractivity contribution in [2.75, 3.05) is 13.1 Å². The summed E-state index contributed by atoms with van der Waals surface area (Å²) >= 11 is 1.21. The molecule has 9 heteroatoms. The maximum atomic E-state index is 12.5. The van der Waals surface area contributed by atoms with Crippen molar-refractivity contribution < 1.29 is 23.1 Å². The highest BCUT2D eigenvalue weighted by Crippen LogP contribution is 2.24. The van der Waals surface area contributed by atoms with Gasteiger partial charge in [0.25, 0.3) is 15.9 Å². The van der Waals surface area contributed by atoms with Crippen LogP contribution in [0.1, 0.15) is 19.8 Å². The van der Waals surface area contributed by atoms with Crippen molar-refractivity contribution in [3.8, 4) is 11.5 Å². The summed E-state index contributed by atoms with van der Waals surface area (Å²) in [5.74, 6) is 0.374. The molecule has 1 aliphatic rings. The molecule has 1 saturated heterocycles. The molecule has 7 nitrogen and oxygen atoms in total. The molecule has 0 bridgehead atoms. The van der Waals surface area contributed by atoms with Gasteiger partial charge >= 0.3 is 0 Å². The minimum absolute atomic E-state index is 0.0850. The third kappa shape index (κ3) is 4.79. The second-order valence-corrected chi connectivity index (χ2v) is 9.49. The molecule has 2 heterocycles. The van der Waals surface area contributed by atoms with Gasteiger partial charge in [0.1, 0.15) is 15.7 Å². The lowest BCUT2D eigenvalue weighted by atomic mass is 10.1. The molecule has 2 aromatic rings. The van der Waals surface area contributed by atoms with E-state index < -0.39 is 16.1 Å². The summed E-state index contributed by atoms with van der Waals surface area (Å²) in [6.07, 6.45) is 0.423. The van der Waals surface area contributed by atoms with Crippen LogP contribution in [0.25, 0.3) is 0 Å². The van der Waals surface area contributed by atoms with Crippen molar-refractivity contribution in [2.45, 2.75) is 36.1 Å². The van der Waals surface area contributed by atoms with Crippen molar-refractivity contribution in [3.05, 3.63) is 41.8 Å². The molecule has 0 spiro atoms. The third-order valence-corrected chi connectivity index (χ3v) is 7.68. The van der Waals surface area contributed by atoms with Gasteiger partial charge in [-0.2, -0.15) is 4.31 Å². The first kappa shape index (κ1) is 19.7. The first-order valence-electron chi connectivity index (χ1n) is 8.66. The van der Waals surface area contributed by atoms with Crippen LogP contribution in [0, 0.1) is 0 Å². The van der Waals surface area contributed by atoms with E-state index in [1.165, 1.54) is 27.8 Å². The van der Waals surface area contributed by atoms with Crippen molar-refractivity contribution in [1.82, 2.24) is 9.62 Å². The van der Waals surface area contributed by atoms with Crippen LogP contribution < -0.4 is 10.1 Å². The van der Waals surface area contributed by atoms with Gasteiger partial charge in [-0.05, 0) is 55.5 Å². The van der Waals surface area contributed by atoms with Crippen LogP contribution in [0.3, 0.4) is 0 Å². The van der Waals surface area contributed by atoms with Crippen molar-refractivity contribution in [1.29, 1.82) is 0 Å². The number of piperidine rings is 1. The Morgan fingerprint density at radius 3 is 2.52 bits per heavy atom. The summed E-state index contributed by atoms with van der Waals surface area (Å²) in [7, 11) is -3.44. The molecule has 1 aliphatic heterocycles. The van der Waals surface area contributed by atoms with Crippen LogP contribution in [0.2, 0.25) is 0 Å². The molecule has 27 heavy (non-hydrogen) atoms. The number of nitrogens with one attached hydrogen (secondary N) is 1. The number of ether oxygens (including phenoxy) is 1. The number of thiophene rings is 1. The molecular formula is C18H22N2O5S2. The summed E-state index contributed by atoms with van der Waals surface area (Å²) in [6, 6.07) is 9.40. The molecule has 1 fully saturated rings. The van der Waals surface area contributed by atoms with E-state index in [-0.39, 0.29) is 17.7 Å². The predicted molar refractivity (Wildman–Crippen MR) is 102 cm³/mol. The summed E-state index contributed by atoms with van der Waals surface area (Å²) in [4.78, 5) is 12.3. The average Bonchev–Trinajstić information content (AvgIpc) is 3.19. The zero-order valence-corrected chi connectivity index (χ0v) is 16.5. The Labute approximate surface area is 162 Å². The largest absolute Gasteiger partial charge is 0.508 e. The lowest BCUT2D eigenvalue weighted by Crippen LogP contribution is -2.49. The van der Waals surface area contributed by atoms with Crippen LogP contribution in [-0.4, -0.2) is 49.0 Å². The number of nitrogens with zero attached hydrogens (tertiary/aromatic N) is 1. The highest BCUT2D eigenvalue weighted by Gasteiger charge is 2.31. The second kappa shape index (κ2) is 8.28. The summed E-state index contributed by atoms with van der Waals surface area (Å²) in [6.45, 7) is 2.40. The number of carbonyl (C=O) groups excluding carboxylic acids is 1. The van der Waals surface area contributed by atoms with Gasteiger partial charge in [0.15, 0.2) is 6.10 Å². The number of rotatable bonds is 6. The lowest BCUT2D eigenvalue weighted by Gasteiger charge is -2.31. The Balaban J connectivity index is 1.50. The van der Waals surface area contributed by atoms with Gasteiger partial charge in [-0.1, -0.05) is 6.07 Å². The van der Waals surface area contributed by atoms with Crippen LogP contribution in [0.15, 0.2) is 46.0 Å². The Morgan fingerprint density at radius 2 is 1.93 bits per heavy atom. The monoisotopic (exact) mass is 410 g/mol.